The summed E-state index contributed by atoms with van der Waals surface area (Å²) < 4.78 is 1.99. The molecule has 0 unspecified atom stereocenters. The maximum Gasteiger partial charge on any atom is 0.191 e. The summed E-state index contributed by atoms with van der Waals surface area (Å²) in [6.45, 7) is 11.4. The molecule has 0 bridgehead atoms. The third kappa shape index (κ3) is 6.09. The van der Waals surface area contributed by atoms with Crippen LogP contribution in [0.15, 0.2) is 29.3 Å². The van der Waals surface area contributed by atoms with Crippen LogP contribution in [0.25, 0.3) is 0 Å². The van der Waals surface area contributed by atoms with Crippen LogP contribution in [0.5, 0.6) is 0 Å². The number of hydrogen-bond donors (Lipinski definition) is 2. The number of benzene rings is 1. The van der Waals surface area contributed by atoms with Gasteiger partial charge in [-0.15, -0.1) is 34.2 Å². The van der Waals surface area contributed by atoms with Crippen LogP contribution in [0.3, 0.4) is 0 Å². The number of halogens is 1. The molecule has 1 aliphatic heterocycles. The first-order chi connectivity index (χ1) is 13.8. The van der Waals surface area contributed by atoms with Crippen molar-refractivity contribution in [1.82, 2.24) is 25.4 Å². The third-order valence-corrected chi connectivity index (χ3v) is 5.75. The number of nitrogens with one attached hydrogen (secondary N) is 2. The van der Waals surface area contributed by atoms with E-state index in [2.05, 4.69) is 75.8 Å². The van der Waals surface area contributed by atoms with Crippen LogP contribution in [0.4, 0.5) is 5.69 Å². The van der Waals surface area contributed by atoms with Crippen LogP contribution in [-0.2, 0) is 19.0 Å². The quantitative estimate of drug-likeness (QED) is 0.364. The lowest BCUT2D eigenvalue weighted by Crippen LogP contribution is -2.48. The Morgan fingerprint density at radius 1 is 1.13 bits per heavy atom. The van der Waals surface area contributed by atoms with Crippen LogP contribution < -0.4 is 15.5 Å². The number of hydrogen-bond acceptors (Lipinski definition) is 4. The smallest absolute Gasteiger partial charge is 0.191 e. The summed E-state index contributed by atoms with van der Waals surface area (Å²) in [5, 5.41) is 15.2. The normalized spacial score (nSPS) is 15.7. The second kappa shape index (κ2) is 10.5. The molecule has 30 heavy (non-hydrogen) atoms. The summed E-state index contributed by atoms with van der Waals surface area (Å²) in [4.78, 5) is 6.84. The molecule has 7 nitrogen and oxygen atoms in total. The fourth-order valence-electron chi connectivity index (χ4n) is 3.61. The molecule has 1 aromatic carbocycles. The molecule has 0 saturated carbocycles. The Morgan fingerprint density at radius 2 is 1.77 bits per heavy atom. The molecule has 2 aromatic rings. The fraction of sp³-hybridized carbons (Fsp3) is 0.591. The lowest BCUT2D eigenvalue weighted by molar-refractivity contribution is 0.461. The third-order valence-electron chi connectivity index (χ3n) is 5.75. The Kier molecular flexibility index (Phi) is 8.52. The first kappa shape index (κ1) is 24.4. The average molecular weight is 525 g/mol. The van der Waals surface area contributed by atoms with E-state index in [1.165, 1.54) is 11.3 Å². The molecule has 1 aromatic heterocycles. The summed E-state index contributed by atoms with van der Waals surface area (Å²) in [7, 11) is 3.79. The second-order valence-corrected chi connectivity index (χ2v) is 8.85. The first-order valence-corrected chi connectivity index (χ1v) is 10.5. The summed E-state index contributed by atoms with van der Waals surface area (Å²) >= 11 is 0. The van der Waals surface area contributed by atoms with E-state index in [1.54, 1.807) is 0 Å². The van der Waals surface area contributed by atoms with Crippen molar-refractivity contribution in [2.75, 3.05) is 25.0 Å². The van der Waals surface area contributed by atoms with Crippen LogP contribution in [0, 0.1) is 6.92 Å². The van der Waals surface area contributed by atoms with E-state index in [9.17, 15) is 0 Å². The molecule has 166 valence electrons. The lowest BCUT2D eigenvalue weighted by atomic mass is 9.87. The molecule has 1 fully saturated rings. The van der Waals surface area contributed by atoms with Crippen molar-refractivity contribution in [2.45, 2.75) is 58.5 Å². The van der Waals surface area contributed by atoms with E-state index >= 15 is 0 Å². The molecular formula is C22H36IN7. The van der Waals surface area contributed by atoms with Crippen molar-refractivity contribution < 1.29 is 0 Å². The molecule has 2 heterocycles. The van der Waals surface area contributed by atoms with Gasteiger partial charge in [-0.25, -0.2) is 0 Å². The minimum atomic E-state index is 0. The van der Waals surface area contributed by atoms with Crippen molar-refractivity contribution in [3.05, 3.63) is 41.5 Å². The molecule has 0 atom stereocenters. The highest BCUT2D eigenvalue weighted by Gasteiger charge is 2.21. The van der Waals surface area contributed by atoms with Crippen LogP contribution in [-0.4, -0.2) is 46.9 Å². The van der Waals surface area contributed by atoms with Crippen LogP contribution in [0.2, 0.25) is 0 Å². The number of piperidine rings is 1. The molecular weight excluding hydrogens is 489 g/mol. The number of rotatable bonds is 4. The van der Waals surface area contributed by atoms with E-state index in [0.717, 1.165) is 43.5 Å². The number of nitrogens with zero attached hydrogens (tertiary/aromatic N) is 5. The van der Waals surface area contributed by atoms with Crippen molar-refractivity contribution >= 4 is 35.6 Å². The molecule has 0 spiro atoms. The highest BCUT2D eigenvalue weighted by Crippen LogP contribution is 2.26. The number of aryl methyl sites for hydroxylation is 1. The first-order valence-electron chi connectivity index (χ1n) is 10.5. The van der Waals surface area contributed by atoms with Gasteiger partial charge < -0.3 is 20.1 Å². The maximum absolute atomic E-state index is 4.37. The SMILES string of the molecule is CN=C(NCc1nnc(C)n1C)NC1CCN(c2ccc(C(C)(C)C)cc2)CC1.I. The Morgan fingerprint density at radius 3 is 2.27 bits per heavy atom. The van der Waals surface area contributed by atoms with Gasteiger partial charge in [0.25, 0.3) is 0 Å². The van der Waals surface area contributed by atoms with E-state index in [0.29, 0.717) is 12.6 Å². The Bertz CT molecular complexity index is 828. The largest absolute Gasteiger partial charge is 0.371 e. The molecule has 0 radical (unpaired) electrons. The molecule has 0 aliphatic carbocycles. The van der Waals surface area contributed by atoms with Crippen molar-refractivity contribution in [2.24, 2.45) is 12.0 Å². The highest BCUT2D eigenvalue weighted by molar-refractivity contribution is 14.0. The predicted molar refractivity (Wildman–Crippen MR) is 135 cm³/mol. The minimum Gasteiger partial charge on any atom is -0.371 e. The topological polar surface area (TPSA) is 70.4 Å². The van der Waals surface area contributed by atoms with Gasteiger partial charge in [0.05, 0.1) is 6.54 Å². The van der Waals surface area contributed by atoms with Crippen LogP contribution in [0.1, 0.15) is 50.8 Å². The van der Waals surface area contributed by atoms with Gasteiger partial charge in [-0.3, -0.25) is 4.99 Å². The zero-order valence-corrected chi connectivity index (χ0v) is 21.4. The maximum atomic E-state index is 4.37. The lowest BCUT2D eigenvalue weighted by Gasteiger charge is -2.35. The van der Waals surface area contributed by atoms with Gasteiger partial charge in [-0.2, -0.15) is 0 Å². The van der Waals surface area contributed by atoms with E-state index < -0.39 is 0 Å². The summed E-state index contributed by atoms with van der Waals surface area (Å²) in [6.07, 6.45) is 2.18. The number of guanidine groups is 1. The van der Waals surface area contributed by atoms with Crippen molar-refractivity contribution in [1.29, 1.82) is 0 Å². The second-order valence-electron chi connectivity index (χ2n) is 8.85. The zero-order chi connectivity index (χ0) is 21.0. The van der Waals surface area contributed by atoms with Gasteiger partial charge in [0, 0.05) is 38.9 Å². The van der Waals surface area contributed by atoms with Crippen molar-refractivity contribution in [3.63, 3.8) is 0 Å². The van der Waals surface area contributed by atoms with E-state index in [4.69, 9.17) is 0 Å². The molecule has 8 heteroatoms. The standard InChI is InChI=1S/C22H35N7.HI/c1-16-26-27-20(28(16)6)15-24-21(23-5)25-18-11-13-29(14-12-18)19-9-7-17(8-10-19)22(2,3)4;/h7-10,18H,11-15H2,1-6H3,(H2,23,24,25);1H. The predicted octanol–water partition coefficient (Wildman–Crippen LogP) is 3.37. The number of aromatic nitrogens is 3. The van der Waals surface area contributed by atoms with Gasteiger partial charge in [0.2, 0.25) is 0 Å². The summed E-state index contributed by atoms with van der Waals surface area (Å²) in [5.74, 6) is 2.63. The molecule has 1 aliphatic rings. The van der Waals surface area contributed by atoms with Gasteiger partial charge in [0.15, 0.2) is 11.8 Å². The average Bonchev–Trinajstić information content (AvgIpc) is 3.03. The summed E-state index contributed by atoms with van der Waals surface area (Å²) in [5.41, 5.74) is 2.89. The zero-order valence-electron chi connectivity index (χ0n) is 19.1. The number of aliphatic imine (C=N–C) groups is 1. The Labute approximate surface area is 197 Å². The Hall–Kier alpha value is -1.84. The van der Waals surface area contributed by atoms with Gasteiger partial charge in [-0.1, -0.05) is 32.9 Å². The minimum absolute atomic E-state index is 0. The van der Waals surface area contributed by atoms with Crippen LogP contribution >= 0.6 is 24.0 Å². The van der Waals surface area contributed by atoms with Gasteiger partial charge in [-0.05, 0) is 42.9 Å². The fourth-order valence-corrected chi connectivity index (χ4v) is 3.61. The Balaban J connectivity index is 0.00000320. The molecule has 0 amide bonds. The van der Waals surface area contributed by atoms with Gasteiger partial charge >= 0.3 is 0 Å². The molecule has 3 rings (SSSR count). The molecule has 2 N–H and O–H groups in total. The monoisotopic (exact) mass is 525 g/mol. The van der Waals surface area contributed by atoms with E-state index in [1.807, 2.05) is 25.6 Å². The van der Waals surface area contributed by atoms with Crippen molar-refractivity contribution in [3.8, 4) is 0 Å². The van der Waals surface area contributed by atoms with Gasteiger partial charge in [0.1, 0.15) is 5.82 Å². The molecule has 1 saturated heterocycles. The van der Waals surface area contributed by atoms with E-state index in [-0.39, 0.29) is 29.4 Å². The highest BCUT2D eigenvalue weighted by atomic mass is 127. The number of anilines is 1. The summed E-state index contributed by atoms with van der Waals surface area (Å²) in [6, 6.07) is 9.47.